The Bertz CT molecular complexity index is 525. The molecule has 18 heavy (non-hydrogen) atoms. The van der Waals surface area contributed by atoms with E-state index in [1.165, 1.54) is 0 Å². The maximum atomic E-state index is 5.56. The van der Waals surface area contributed by atoms with Crippen molar-refractivity contribution in [3.05, 3.63) is 18.0 Å². The van der Waals surface area contributed by atoms with Gasteiger partial charge in [0.2, 0.25) is 11.9 Å². The quantitative estimate of drug-likeness (QED) is 0.779. The summed E-state index contributed by atoms with van der Waals surface area (Å²) < 4.78 is 6.91. The summed E-state index contributed by atoms with van der Waals surface area (Å²) >= 11 is 0. The summed E-state index contributed by atoms with van der Waals surface area (Å²) in [6.07, 6.45) is 1.87. The summed E-state index contributed by atoms with van der Waals surface area (Å²) in [5.74, 6) is 0.494. The molecule has 2 heterocycles. The number of anilines is 2. The van der Waals surface area contributed by atoms with E-state index >= 15 is 0 Å². The number of nitrogens with zero attached hydrogens (tertiary/aromatic N) is 5. The highest BCUT2D eigenvalue weighted by Crippen LogP contribution is 2.09. The molecule has 0 fully saturated rings. The topological polar surface area (TPSA) is 104 Å². The van der Waals surface area contributed by atoms with Crippen molar-refractivity contribution in [2.24, 2.45) is 7.05 Å². The van der Waals surface area contributed by atoms with Gasteiger partial charge in [0.1, 0.15) is 0 Å². The molecule has 2 aromatic heterocycles. The molecule has 8 heteroatoms. The van der Waals surface area contributed by atoms with Crippen LogP contribution < -0.4 is 15.8 Å². The molecule has 0 aliphatic rings. The average molecular weight is 249 g/mol. The fourth-order valence-corrected chi connectivity index (χ4v) is 1.37. The monoisotopic (exact) mass is 249 g/mol. The van der Waals surface area contributed by atoms with Gasteiger partial charge in [-0.1, -0.05) is 0 Å². The minimum absolute atomic E-state index is 0.122. The van der Waals surface area contributed by atoms with Crippen molar-refractivity contribution in [3.8, 4) is 6.01 Å². The summed E-state index contributed by atoms with van der Waals surface area (Å²) in [7, 11) is 1.86. The molecule has 0 bridgehead atoms. The third-order valence-corrected chi connectivity index (χ3v) is 2.10. The van der Waals surface area contributed by atoms with Crippen LogP contribution in [0.25, 0.3) is 0 Å². The van der Waals surface area contributed by atoms with Gasteiger partial charge in [0, 0.05) is 13.2 Å². The molecule has 0 aromatic carbocycles. The highest BCUT2D eigenvalue weighted by atomic mass is 16.5. The van der Waals surface area contributed by atoms with Gasteiger partial charge in [0.05, 0.1) is 18.8 Å². The molecule has 3 N–H and O–H groups in total. The molecule has 8 nitrogen and oxygen atoms in total. The maximum absolute atomic E-state index is 5.56. The van der Waals surface area contributed by atoms with E-state index in [2.05, 4.69) is 25.4 Å². The van der Waals surface area contributed by atoms with E-state index in [0.29, 0.717) is 19.1 Å². The van der Waals surface area contributed by atoms with Crippen LogP contribution in [0.4, 0.5) is 11.9 Å². The molecule has 0 saturated carbocycles. The molecule has 0 unspecified atom stereocenters. The fraction of sp³-hybridized carbons (Fsp3) is 0.400. The minimum Gasteiger partial charge on any atom is -0.464 e. The molecule has 0 aliphatic carbocycles. The van der Waals surface area contributed by atoms with Gasteiger partial charge in [-0.05, 0) is 13.0 Å². The Morgan fingerprint density at radius 3 is 2.89 bits per heavy atom. The van der Waals surface area contributed by atoms with E-state index in [1.54, 1.807) is 4.68 Å². The Labute approximate surface area is 104 Å². The molecular weight excluding hydrogens is 234 g/mol. The third kappa shape index (κ3) is 3.06. The third-order valence-electron chi connectivity index (χ3n) is 2.10. The van der Waals surface area contributed by atoms with Gasteiger partial charge < -0.3 is 15.8 Å². The van der Waals surface area contributed by atoms with Crippen LogP contribution in [0, 0.1) is 0 Å². The first-order chi connectivity index (χ1) is 8.67. The van der Waals surface area contributed by atoms with Gasteiger partial charge in [0.15, 0.2) is 0 Å². The summed E-state index contributed by atoms with van der Waals surface area (Å²) in [5, 5.41) is 7.24. The minimum atomic E-state index is 0.122. The van der Waals surface area contributed by atoms with Gasteiger partial charge in [-0.2, -0.15) is 20.1 Å². The molecule has 0 aliphatic heterocycles. The highest BCUT2D eigenvalue weighted by Gasteiger charge is 2.05. The number of aromatic nitrogens is 5. The molecule has 2 aromatic rings. The van der Waals surface area contributed by atoms with E-state index in [0.717, 1.165) is 5.69 Å². The number of nitrogens with one attached hydrogen (secondary N) is 1. The van der Waals surface area contributed by atoms with Gasteiger partial charge in [0.25, 0.3) is 0 Å². The van der Waals surface area contributed by atoms with Crippen LogP contribution in [0.3, 0.4) is 0 Å². The van der Waals surface area contributed by atoms with Crippen LogP contribution in [0.1, 0.15) is 12.6 Å². The van der Waals surface area contributed by atoms with Crippen LogP contribution in [0.2, 0.25) is 0 Å². The average Bonchev–Trinajstić information content (AvgIpc) is 2.72. The van der Waals surface area contributed by atoms with Gasteiger partial charge >= 0.3 is 6.01 Å². The largest absolute Gasteiger partial charge is 0.464 e. The lowest BCUT2D eigenvalue weighted by atomic mass is 10.4. The SMILES string of the molecule is CCOc1nc(N)nc(NCc2ccn(C)n2)n1. The Balaban J connectivity index is 2.04. The van der Waals surface area contributed by atoms with E-state index in [4.69, 9.17) is 10.5 Å². The molecule has 0 amide bonds. The lowest BCUT2D eigenvalue weighted by Gasteiger charge is -2.05. The van der Waals surface area contributed by atoms with Crippen LogP contribution in [-0.2, 0) is 13.6 Å². The van der Waals surface area contributed by atoms with Gasteiger partial charge in [-0.3, -0.25) is 4.68 Å². The Morgan fingerprint density at radius 1 is 1.39 bits per heavy atom. The lowest BCUT2D eigenvalue weighted by molar-refractivity contribution is 0.312. The van der Waals surface area contributed by atoms with E-state index < -0.39 is 0 Å². The van der Waals surface area contributed by atoms with Crippen LogP contribution in [-0.4, -0.2) is 31.3 Å². The van der Waals surface area contributed by atoms with Crippen molar-refractivity contribution in [3.63, 3.8) is 0 Å². The van der Waals surface area contributed by atoms with Gasteiger partial charge in [-0.15, -0.1) is 0 Å². The number of hydrogen-bond acceptors (Lipinski definition) is 7. The number of aryl methyl sites for hydroxylation is 1. The fourth-order valence-electron chi connectivity index (χ4n) is 1.37. The first kappa shape index (κ1) is 12.1. The second-order valence-electron chi connectivity index (χ2n) is 3.57. The summed E-state index contributed by atoms with van der Waals surface area (Å²) in [6.45, 7) is 2.83. The predicted molar refractivity (Wildman–Crippen MR) is 65.9 cm³/mol. The molecule has 96 valence electrons. The normalized spacial score (nSPS) is 10.3. The number of rotatable bonds is 5. The maximum Gasteiger partial charge on any atom is 0.323 e. The van der Waals surface area contributed by atoms with Crippen molar-refractivity contribution in [2.75, 3.05) is 17.7 Å². The van der Waals surface area contributed by atoms with Crippen molar-refractivity contribution >= 4 is 11.9 Å². The van der Waals surface area contributed by atoms with Crippen molar-refractivity contribution in [2.45, 2.75) is 13.5 Å². The summed E-state index contributed by atoms with van der Waals surface area (Å²) in [4.78, 5) is 11.9. The molecule has 0 saturated heterocycles. The second kappa shape index (κ2) is 5.30. The molecule has 2 rings (SSSR count). The molecule has 0 spiro atoms. The van der Waals surface area contributed by atoms with Crippen LogP contribution >= 0.6 is 0 Å². The summed E-state index contributed by atoms with van der Waals surface area (Å²) in [6, 6.07) is 2.12. The van der Waals surface area contributed by atoms with Crippen LogP contribution in [0.15, 0.2) is 12.3 Å². The lowest BCUT2D eigenvalue weighted by Crippen LogP contribution is -2.09. The Kier molecular flexibility index (Phi) is 3.56. The number of nitrogen functional groups attached to an aromatic ring is 1. The van der Waals surface area contributed by atoms with E-state index in [1.807, 2.05) is 26.2 Å². The van der Waals surface area contributed by atoms with Crippen molar-refractivity contribution < 1.29 is 4.74 Å². The smallest absolute Gasteiger partial charge is 0.323 e. The first-order valence-corrected chi connectivity index (χ1v) is 5.54. The number of hydrogen-bond donors (Lipinski definition) is 2. The second-order valence-corrected chi connectivity index (χ2v) is 3.57. The van der Waals surface area contributed by atoms with Gasteiger partial charge in [-0.25, -0.2) is 0 Å². The van der Waals surface area contributed by atoms with Crippen LogP contribution in [0.5, 0.6) is 6.01 Å². The van der Waals surface area contributed by atoms with E-state index in [-0.39, 0.29) is 12.0 Å². The Hall–Kier alpha value is -2.38. The molecular formula is C10H15N7O. The zero-order valence-electron chi connectivity index (χ0n) is 10.3. The Morgan fingerprint density at radius 2 is 2.22 bits per heavy atom. The predicted octanol–water partition coefficient (Wildman–Crippen LogP) is 0.198. The standard InChI is InChI=1S/C10H15N7O/c1-3-18-10-14-8(11)13-9(15-10)12-6-7-4-5-17(2)16-7/h4-5H,3,6H2,1-2H3,(H3,11,12,13,14,15). The number of nitrogens with two attached hydrogens (primary N) is 1. The zero-order valence-corrected chi connectivity index (χ0v) is 10.3. The zero-order chi connectivity index (χ0) is 13.0. The number of ether oxygens (including phenoxy) is 1. The van der Waals surface area contributed by atoms with E-state index in [9.17, 15) is 0 Å². The molecule has 0 atom stereocenters. The van der Waals surface area contributed by atoms with Crippen molar-refractivity contribution in [1.82, 2.24) is 24.7 Å². The molecule has 0 radical (unpaired) electrons. The first-order valence-electron chi connectivity index (χ1n) is 5.54. The van der Waals surface area contributed by atoms with Crippen molar-refractivity contribution in [1.29, 1.82) is 0 Å². The highest BCUT2D eigenvalue weighted by molar-refractivity contribution is 5.32. The summed E-state index contributed by atoms with van der Waals surface area (Å²) in [5.41, 5.74) is 6.44.